The fourth-order valence-electron chi connectivity index (χ4n) is 3.07. The van der Waals surface area contributed by atoms with Gasteiger partial charge in [0.15, 0.2) is 18.1 Å². The minimum Gasteiger partial charge on any atom is -0.483 e. The summed E-state index contributed by atoms with van der Waals surface area (Å²) in [7, 11) is 0. The monoisotopic (exact) mass is 433 g/mol. The minimum atomic E-state index is -5.01. The van der Waals surface area contributed by atoms with Gasteiger partial charge in [-0.3, -0.25) is 4.79 Å². The molecule has 0 atom stereocenters. The molecule has 3 rings (SSSR count). The molecule has 0 aromatic heterocycles. The highest BCUT2D eigenvalue weighted by Crippen LogP contribution is 2.42. The lowest BCUT2D eigenvalue weighted by molar-refractivity contribution is -0.143. The average molecular weight is 433 g/mol. The van der Waals surface area contributed by atoms with Crippen LogP contribution in [0.1, 0.15) is 30.5 Å². The molecule has 10 heteroatoms. The van der Waals surface area contributed by atoms with E-state index in [0.29, 0.717) is 24.3 Å². The molecule has 1 heterocycles. The van der Waals surface area contributed by atoms with Crippen LogP contribution in [0, 0.1) is 0 Å². The van der Waals surface area contributed by atoms with E-state index in [2.05, 4.69) is 0 Å². The molecule has 4 nitrogen and oxygen atoms in total. The maximum Gasteiger partial charge on any atom is 0.416 e. The number of anilines is 1. The van der Waals surface area contributed by atoms with E-state index in [0.717, 1.165) is 5.56 Å². The number of para-hydroxylation sites is 1. The summed E-state index contributed by atoms with van der Waals surface area (Å²) in [4.78, 5) is 12.1. The number of hydrogen-bond acceptors (Lipinski definition) is 3. The quantitative estimate of drug-likeness (QED) is 0.652. The molecule has 1 N–H and O–H groups in total. The standard InChI is InChI=1S/C20H17F6NO3/c1-18(2)9-11-4-3-5-15(17(11)30-18)29-10-16(28)27-14-7-12(19(21,22)23)6-13(8-14)20(24,25)26/h3-8H,9-10H2,1-2H3,(H,27,28). The Balaban J connectivity index is 1.74. The van der Waals surface area contributed by atoms with Crippen molar-refractivity contribution in [2.75, 3.05) is 11.9 Å². The van der Waals surface area contributed by atoms with Crippen LogP contribution in [-0.4, -0.2) is 18.1 Å². The first-order valence-electron chi connectivity index (χ1n) is 8.78. The average Bonchev–Trinajstić information content (AvgIpc) is 2.92. The molecular weight excluding hydrogens is 416 g/mol. The molecular formula is C20H17F6NO3. The van der Waals surface area contributed by atoms with Crippen molar-refractivity contribution in [3.8, 4) is 11.5 Å². The lowest BCUT2D eigenvalue weighted by Crippen LogP contribution is -2.25. The van der Waals surface area contributed by atoms with Gasteiger partial charge < -0.3 is 14.8 Å². The summed E-state index contributed by atoms with van der Waals surface area (Å²) >= 11 is 0. The highest BCUT2D eigenvalue weighted by molar-refractivity contribution is 5.92. The summed E-state index contributed by atoms with van der Waals surface area (Å²) in [6, 6.07) is 5.92. The number of ether oxygens (including phenoxy) is 2. The van der Waals surface area contributed by atoms with Crippen LogP contribution >= 0.6 is 0 Å². The van der Waals surface area contributed by atoms with E-state index >= 15 is 0 Å². The third kappa shape index (κ3) is 4.98. The third-order valence-corrected chi connectivity index (χ3v) is 4.29. The van der Waals surface area contributed by atoms with E-state index in [4.69, 9.17) is 9.47 Å². The molecule has 0 spiro atoms. The maximum absolute atomic E-state index is 12.9. The zero-order valence-corrected chi connectivity index (χ0v) is 15.9. The first-order valence-corrected chi connectivity index (χ1v) is 8.78. The fraction of sp³-hybridized carbons (Fsp3) is 0.350. The lowest BCUT2D eigenvalue weighted by atomic mass is 10.0. The molecule has 0 fully saturated rings. The molecule has 0 saturated heterocycles. The second kappa shape index (κ2) is 7.41. The van der Waals surface area contributed by atoms with Crippen LogP contribution < -0.4 is 14.8 Å². The van der Waals surface area contributed by atoms with Gasteiger partial charge in [-0.15, -0.1) is 0 Å². The van der Waals surface area contributed by atoms with Crippen LogP contribution in [0.25, 0.3) is 0 Å². The number of hydrogen-bond donors (Lipinski definition) is 1. The van der Waals surface area contributed by atoms with Gasteiger partial charge in [-0.2, -0.15) is 26.3 Å². The number of halogens is 6. The van der Waals surface area contributed by atoms with Crippen LogP contribution in [0.3, 0.4) is 0 Å². The van der Waals surface area contributed by atoms with Gasteiger partial charge in [-0.05, 0) is 38.1 Å². The Kier molecular flexibility index (Phi) is 5.38. The van der Waals surface area contributed by atoms with Gasteiger partial charge in [0, 0.05) is 17.7 Å². The van der Waals surface area contributed by atoms with Crippen LogP contribution in [0.15, 0.2) is 36.4 Å². The molecule has 1 aliphatic heterocycles. The number of alkyl halides is 6. The van der Waals surface area contributed by atoms with E-state index in [1.165, 1.54) is 0 Å². The van der Waals surface area contributed by atoms with Crippen molar-refractivity contribution in [3.05, 3.63) is 53.1 Å². The van der Waals surface area contributed by atoms with Crippen molar-refractivity contribution < 1.29 is 40.6 Å². The van der Waals surface area contributed by atoms with Crippen LogP contribution in [-0.2, 0) is 23.6 Å². The predicted octanol–water partition coefficient (Wildman–Crippen LogP) is 5.46. The number of carbonyl (C=O) groups is 1. The normalized spacial score (nSPS) is 15.3. The number of carbonyl (C=O) groups excluding carboxylic acids is 1. The number of rotatable bonds is 4. The van der Waals surface area contributed by atoms with Crippen molar-refractivity contribution in [3.63, 3.8) is 0 Å². The summed E-state index contributed by atoms with van der Waals surface area (Å²) in [5.74, 6) is -0.209. The van der Waals surface area contributed by atoms with Crippen LogP contribution in [0.5, 0.6) is 11.5 Å². The van der Waals surface area contributed by atoms with E-state index in [1.54, 1.807) is 12.1 Å². The summed E-state index contributed by atoms with van der Waals surface area (Å²) in [6.07, 6.45) is -9.39. The minimum absolute atomic E-state index is 0.0154. The van der Waals surface area contributed by atoms with Crippen molar-refractivity contribution in [1.29, 1.82) is 0 Å². The molecule has 0 aliphatic carbocycles. The SMILES string of the molecule is CC1(C)Cc2cccc(OCC(=O)Nc3cc(C(F)(F)F)cc(C(F)(F)F)c3)c2O1. The second-order valence-corrected chi connectivity index (χ2v) is 7.41. The van der Waals surface area contributed by atoms with Gasteiger partial charge in [0.1, 0.15) is 5.60 Å². The molecule has 162 valence electrons. The van der Waals surface area contributed by atoms with E-state index in [9.17, 15) is 31.1 Å². The Hall–Kier alpha value is -2.91. The van der Waals surface area contributed by atoms with Crippen molar-refractivity contribution in [2.45, 2.75) is 38.2 Å². The van der Waals surface area contributed by atoms with Crippen molar-refractivity contribution >= 4 is 11.6 Å². The first kappa shape index (κ1) is 21.8. The molecule has 0 bridgehead atoms. The van der Waals surface area contributed by atoms with E-state index in [1.807, 2.05) is 25.2 Å². The summed E-state index contributed by atoms with van der Waals surface area (Å²) in [6.45, 7) is 3.11. The highest BCUT2D eigenvalue weighted by atomic mass is 19.4. The van der Waals surface area contributed by atoms with Crippen LogP contribution in [0.4, 0.5) is 32.0 Å². The Bertz CT molecular complexity index is 934. The summed E-state index contributed by atoms with van der Waals surface area (Å²) in [5, 5.41) is 2.02. The lowest BCUT2D eigenvalue weighted by Gasteiger charge is -2.18. The summed E-state index contributed by atoms with van der Waals surface area (Å²) < 4.78 is 88.6. The number of fused-ring (bicyclic) bond motifs is 1. The largest absolute Gasteiger partial charge is 0.483 e. The van der Waals surface area contributed by atoms with E-state index < -0.39 is 47.3 Å². The van der Waals surface area contributed by atoms with Gasteiger partial charge in [0.2, 0.25) is 0 Å². The zero-order chi connectivity index (χ0) is 22.3. The fourth-order valence-corrected chi connectivity index (χ4v) is 3.07. The molecule has 2 aromatic rings. The molecule has 0 unspecified atom stereocenters. The van der Waals surface area contributed by atoms with Gasteiger partial charge in [-0.25, -0.2) is 0 Å². The molecule has 30 heavy (non-hydrogen) atoms. The predicted molar refractivity (Wildman–Crippen MR) is 95.4 cm³/mol. The molecule has 2 aromatic carbocycles. The Morgan fingerprint density at radius 2 is 1.67 bits per heavy atom. The smallest absolute Gasteiger partial charge is 0.416 e. The van der Waals surface area contributed by atoms with Crippen molar-refractivity contribution in [1.82, 2.24) is 0 Å². The number of amides is 1. The summed E-state index contributed by atoms with van der Waals surface area (Å²) in [5.41, 5.74) is -3.28. The van der Waals surface area contributed by atoms with Gasteiger partial charge in [0.05, 0.1) is 11.1 Å². The highest BCUT2D eigenvalue weighted by Gasteiger charge is 2.37. The van der Waals surface area contributed by atoms with E-state index in [-0.39, 0.29) is 11.8 Å². The van der Waals surface area contributed by atoms with Crippen molar-refractivity contribution in [2.24, 2.45) is 0 Å². The van der Waals surface area contributed by atoms with Crippen LogP contribution in [0.2, 0.25) is 0 Å². The molecule has 0 saturated carbocycles. The number of benzene rings is 2. The first-order chi connectivity index (χ1) is 13.7. The Morgan fingerprint density at radius 1 is 1.07 bits per heavy atom. The Labute approximate surface area is 167 Å². The Morgan fingerprint density at radius 3 is 2.23 bits per heavy atom. The maximum atomic E-state index is 12.9. The second-order valence-electron chi connectivity index (χ2n) is 7.41. The van der Waals surface area contributed by atoms with Gasteiger partial charge in [0.25, 0.3) is 5.91 Å². The zero-order valence-electron chi connectivity index (χ0n) is 15.9. The number of nitrogens with one attached hydrogen (secondary N) is 1. The van der Waals surface area contributed by atoms with Gasteiger partial charge >= 0.3 is 12.4 Å². The third-order valence-electron chi connectivity index (χ3n) is 4.29. The van der Waals surface area contributed by atoms with Gasteiger partial charge in [-0.1, -0.05) is 12.1 Å². The molecule has 0 radical (unpaired) electrons. The molecule has 1 amide bonds. The topological polar surface area (TPSA) is 47.6 Å². The molecule has 1 aliphatic rings.